The van der Waals surface area contributed by atoms with Crippen LogP contribution in [0.25, 0.3) is 11.4 Å². The molecule has 1 fully saturated rings. The number of ether oxygens (including phenoxy) is 2. The third kappa shape index (κ3) is 3.85. The van der Waals surface area contributed by atoms with E-state index in [1.54, 1.807) is 14.2 Å². The Morgan fingerprint density at radius 3 is 2.45 bits per heavy atom. The van der Waals surface area contributed by atoms with Gasteiger partial charge in [-0.25, -0.2) is 0 Å². The van der Waals surface area contributed by atoms with E-state index in [9.17, 15) is 0 Å². The number of aromatic nitrogens is 2. The standard InChI is InChI=1S/C22H26N4O3/c1-15-5-8-18(9-6-15)26-12-11-25(14-16(26)2)22-23-21(24-29-22)17-7-10-19(27-3)20(13-17)28-4/h5-10,13,16H,11-12,14H2,1-4H3/t16-/m1/s1. The summed E-state index contributed by atoms with van der Waals surface area (Å²) in [6, 6.07) is 15.1. The fourth-order valence-corrected chi connectivity index (χ4v) is 3.69. The maximum absolute atomic E-state index is 5.57. The first-order valence-electron chi connectivity index (χ1n) is 9.73. The van der Waals surface area contributed by atoms with Crippen LogP contribution in [0, 0.1) is 6.92 Å². The van der Waals surface area contributed by atoms with Crippen LogP contribution >= 0.6 is 0 Å². The molecule has 2 aromatic carbocycles. The third-order valence-corrected chi connectivity index (χ3v) is 5.32. The van der Waals surface area contributed by atoms with Crippen LogP contribution in [0.2, 0.25) is 0 Å². The lowest BCUT2D eigenvalue weighted by atomic mass is 10.1. The first-order valence-corrected chi connectivity index (χ1v) is 9.73. The van der Waals surface area contributed by atoms with Crippen LogP contribution in [0.4, 0.5) is 11.7 Å². The van der Waals surface area contributed by atoms with Gasteiger partial charge in [0.05, 0.1) is 14.2 Å². The van der Waals surface area contributed by atoms with E-state index < -0.39 is 0 Å². The summed E-state index contributed by atoms with van der Waals surface area (Å²) in [5, 5.41) is 4.17. The molecule has 0 amide bonds. The number of hydrogen-bond acceptors (Lipinski definition) is 7. The highest BCUT2D eigenvalue weighted by molar-refractivity contribution is 5.61. The van der Waals surface area contributed by atoms with Gasteiger partial charge >= 0.3 is 6.01 Å². The molecule has 0 spiro atoms. The Labute approximate surface area is 170 Å². The second kappa shape index (κ2) is 8.03. The molecular weight excluding hydrogens is 368 g/mol. The average molecular weight is 394 g/mol. The molecule has 0 radical (unpaired) electrons. The van der Waals surface area contributed by atoms with E-state index in [0.717, 1.165) is 25.2 Å². The Bertz CT molecular complexity index is 970. The molecular formula is C22H26N4O3. The fraction of sp³-hybridized carbons (Fsp3) is 0.364. The van der Waals surface area contributed by atoms with Crippen molar-refractivity contribution in [3.8, 4) is 22.9 Å². The van der Waals surface area contributed by atoms with Crippen molar-refractivity contribution in [3.63, 3.8) is 0 Å². The summed E-state index contributed by atoms with van der Waals surface area (Å²) in [6.07, 6.45) is 0. The predicted molar refractivity (Wildman–Crippen MR) is 113 cm³/mol. The van der Waals surface area contributed by atoms with Crippen molar-refractivity contribution in [3.05, 3.63) is 48.0 Å². The van der Waals surface area contributed by atoms with E-state index in [1.807, 2.05) is 18.2 Å². The molecule has 0 aliphatic carbocycles. The lowest BCUT2D eigenvalue weighted by Gasteiger charge is -2.40. The van der Waals surface area contributed by atoms with Crippen LogP contribution < -0.4 is 19.3 Å². The Kier molecular flexibility index (Phi) is 5.29. The minimum Gasteiger partial charge on any atom is -0.493 e. The van der Waals surface area contributed by atoms with Crippen LogP contribution in [0.15, 0.2) is 47.0 Å². The molecule has 0 N–H and O–H groups in total. The smallest absolute Gasteiger partial charge is 0.324 e. The summed E-state index contributed by atoms with van der Waals surface area (Å²) in [5.74, 6) is 1.84. The van der Waals surface area contributed by atoms with Crippen LogP contribution in [0.3, 0.4) is 0 Å². The highest BCUT2D eigenvalue weighted by Gasteiger charge is 2.27. The van der Waals surface area contributed by atoms with Crippen molar-refractivity contribution in [1.29, 1.82) is 0 Å². The van der Waals surface area contributed by atoms with E-state index in [1.165, 1.54) is 11.3 Å². The third-order valence-electron chi connectivity index (χ3n) is 5.32. The van der Waals surface area contributed by atoms with E-state index in [2.05, 4.69) is 58.1 Å². The first kappa shape index (κ1) is 19.1. The Morgan fingerprint density at radius 2 is 1.76 bits per heavy atom. The van der Waals surface area contributed by atoms with Crippen molar-refractivity contribution >= 4 is 11.7 Å². The van der Waals surface area contributed by atoms with Gasteiger partial charge < -0.3 is 23.8 Å². The van der Waals surface area contributed by atoms with E-state index in [-0.39, 0.29) is 0 Å². The topological polar surface area (TPSA) is 63.9 Å². The Balaban J connectivity index is 1.48. The van der Waals surface area contributed by atoms with E-state index in [0.29, 0.717) is 29.4 Å². The number of nitrogens with zero attached hydrogens (tertiary/aromatic N) is 4. The van der Waals surface area contributed by atoms with Gasteiger partial charge in [-0.15, -0.1) is 0 Å². The van der Waals surface area contributed by atoms with Gasteiger partial charge in [-0.3, -0.25) is 0 Å². The molecule has 7 heteroatoms. The fourth-order valence-electron chi connectivity index (χ4n) is 3.69. The molecule has 1 aliphatic heterocycles. The molecule has 29 heavy (non-hydrogen) atoms. The van der Waals surface area contributed by atoms with Crippen molar-refractivity contribution in [2.45, 2.75) is 19.9 Å². The van der Waals surface area contributed by atoms with Gasteiger partial charge in [0.15, 0.2) is 11.5 Å². The van der Waals surface area contributed by atoms with Gasteiger partial charge in [0.1, 0.15) is 0 Å². The zero-order valence-electron chi connectivity index (χ0n) is 17.3. The van der Waals surface area contributed by atoms with E-state index in [4.69, 9.17) is 14.0 Å². The molecule has 2 heterocycles. The van der Waals surface area contributed by atoms with Gasteiger partial charge in [-0.2, -0.15) is 4.98 Å². The molecule has 1 aromatic heterocycles. The number of hydrogen-bond donors (Lipinski definition) is 0. The number of methoxy groups -OCH3 is 2. The molecule has 7 nitrogen and oxygen atoms in total. The summed E-state index contributed by atoms with van der Waals surface area (Å²) >= 11 is 0. The highest BCUT2D eigenvalue weighted by Crippen LogP contribution is 2.32. The van der Waals surface area contributed by atoms with Crippen molar-refractivity contribution in [1.82, 2.24) is 10.1 Å². The van der Waals surface area contributed by atoms with Gasteiger partial charge in [0, 0.05) is 36.9 Å². The summed E-state index contributed by atoms with van der Waals surface area (Å²) in [5.41, 5.74) is 3.34. The second-order valence-corrected chi connectivity index (χ2v) is 7.29. The first-order chi connectivity index (χ1) is 14.1. The highest BCUT2D eigenvalue weighted by atomic mass is 16.5. The molecule has 1 atom stereocenters. The monoisotopic (exact) mass is 394 g/mol. The SMILES string of the molecule is COc1ccc(-c2noc(N3CCN(c4ccc(C)cc4)[C@H](C)C3)n2)cc1OC. The lowest BCUT2D eigenvalue weighted by molar-refractivity contribution is 0.355. The summed E-state index contributed by atoms with van der Waals surface area (Å²) in [7, 11) is 3.22. The lowest BCUT2D eigenvalue weighted by Crippen LogP contribution is -2.52. The van der Waals surface area contributed by atoms with Crippen LogP contribution in [0.1, 0.15) is 12.5 Å². The summed E-state index contributed by atoms with van der Waals surface area (Å²) in [4.78, 5) is 9.18. The molecule has 1 saturated heterocycles. The molecule has 4 rings (SSSR count). The zero-order valence-corrected chi connectivity index (χ0v) is 17.3. The maximum atomic E-state index is 5.57. The minimum absolute atomic E-state index is 0.336. The maximum Gasteiger partial charge on any atom is 0.324 e. The number of piperazine rings is 1. The molecule has 1 aliphatic rings. The Morgan fingerprint density at radius 1 is 1.00 bits per heavy atom. The molecule has 0 unspecified atom stereocenters. The number of rotatable bonds is 5. The van der Waals surface area contributed by atoms with Gasteiger partial charge in [-0.1, -0.05) is 22.9 Å². The van der Waals surface area contributed by atoms with Crippen LogP contribution in [-0.4, -0.2) is 50.0 Å². The quantitative estimate of drug-likeness (QED) is 0.652. The summed E-state index contributed by atoms with van der Waals surface area (Å²) < 4.78 is 16.2. The summed E-state index contributed by atoms with van der Waals surface area (Å²) in [6.45, 7) is 6.87. The normalized spacial score (nSPS) is 16.8. The van der Waals surface area contributed by atoms with Crippen molar-refractivity contribution in [2.24, 2.45) is 0 Å². The Hall–Kier alpha value is -3.22. The van der Waals surface area contributed by atoms with Gasteiger partial charge in [0.25, 0.3) is 0 Å². The van der Waals surface area contributed by atoms with Crippen LogP contribution in [-0.2, 0) is 0 Å². The predicted octanol–water partition coefficient (Wildman–Crippen LogP) is 3.78. The number of aryl methyl sites for hydroxylation is 1. The van der Waals surface area contributed by atoms with Gasteiger partial charge in [0.2, 0.25) is 5.82 Å². The molecule has 3 aromatic rings. The van der Waals surface area contributed by atoms with Crippen molar-refractivity contribution in [2.75, 3.05) is 43.7 Å². The molecule has 0 saturated carbocycles. The molecule has 0 bridgehead atoms. The van der Waals surface area contributed by atoms with Crippen LogP contribution in [0.5, 0.6) is 11.5 Å². The number of benzene rings is 2. The minimum atomic E-state index is 0.336. The molecule has 152 valence electrons. The number of anilines is 2. The van der Waals surface area contributed by atoms with Crippen molar-refractivity contribution < 1.29 is 14.0 Å². The zero-order chi connectivity index (χ0) is 20.4. The van der Waals surface area contributed by atoms with Gasteiger partial charge in [-0.05, 0) is 44.2 Å². The largest absolute Gasteiger partial charge is 0.493 e. The second-order valence-electron chi connectivity index (χ2n) is 7.29. The average Bonchev–Trinajstić information content (AvgIpc) is 3.24. The van der Waals surface area contributed by atoms with E-state index >= 15 is 0 Å².